The van der Waals surface area contributed by atoms with Crippen molar-refractivity contribution in [2.45, 2.75) is 0 Å². The van der Waals surface area contributed by atoms with Gasteiger partial charge in [-0.05, 0) is 74.9 Å². The van der Waals surface area contributed by atoms with Crippen molar-refractivity contribution in [1.82, 2.24) is 0 Å². The van der Waals surface area contributed by atoms with Crippen LogP contribution >= 0.6 is 38.5 Å². The Labute approximate surface area is 120 Å². The maximum atomic E-state index is 13.0. The molecule has 0 aromatic heterocycles. The molecule has 2 aromatic carbocycles. The molecule has 0 aliphatic heterocycles. The Balaban J connectivity index is 2.28. The second kappa shape index (κ2) is 5.22. The van der Waals surface area contributed by atoms with E-state index in [-0.39, 0.29) is 5.82 Å². The monoisotopic (exact) mass is 407 g/mol. The molecule has 0 aliphatic carbocycles. The van der Waals surface area contributed by atoms with Crippen LogP contribution in [0.2, 0.25) is 0 Å². The molecule has 5 heteroatoms. The van der Waals surface area contributed by atoms with E-state index < -0.39 is 0 Å². The largest absolute Gasteiger partial charge is 0.456 e. The maximum Gasteiger partial charge on any atom is 0.140 e. The van der Waals surface area contributed by atoms with Crippen LogP contribution in [0.15, 0.2) is 40.9 Å². The molecule has 0 fully saturated rings. The number of benzene rings is 2. The molecule has 0 spiro atoms. The predicted molar refractivity (Wildman–Crippen MR) is 77.7 cm³/mol. The molecule has 0 atom stereocenters. The van der Waals surface area contributed by atoms with Gasteiger partial charge in [-0.2, -0.15) is 0 Å². The van der Waals surface area contributed by atoms with Crippen LogP contribution in [0.4, 0.5) is 10.1 Å². The summed E-state index contributed by atoms with van der Waals surface area (Å²) in [6, 6.07) is 9.87. The smallest absolute Gasteiger partial charge is 0.140 e. The van der Waals surface area contributed by atoms with E-state index in [1.807, 2.05) is 6.07 Å². The summed E-state index contributed by atoms with van der Waals surface area (Å²) >= 11 is 5.25. The van der Waals surface area contributed by atoms with E-state index in [1.165, 1.54) is 6.07 Å². The van der Waals surface area contributed by atoms with Crippen molar-refractivity contribution >= 4 is 44.2 Å². The Bertz CT molecular complexity index is 562. The van der Waals surface area contributed by atoms with Crippen LogP contribution in [0.5, 0.6) is 11.5 Å². The summed E-state index contributed by atoms with van der Waals surface area (Å²) in [5, 5.41) is 0. The predicted octanol–water partition coefficient (Wildman–Crippen LogP) is 4.57. The number of ether oxygens (including phenoxy) is 1. The highest BCUT2D eigenvalue weighted by Crippen LogP contribution is 2.30. The van der Waals surface area contributed by atoms with Gasteiger partial charge in [0.2, 0.25) is 0 Å². The molecule has 2 nitrogen and oxygen atoms in total. The standard InChI is InChI=1S/C12H8BrFINO/c13-9-6-8(2-3-10(9)14)17-12-4-1-7(16)5-11(12)15/h1-6H,16H2. The third-order valence-corrected chi connectivity index (χ3v) is 3.53. The SMILES string of the molecule is Nc1ccc(Oc2ccc(F)c(Br)c2)c(I)c1. The fraction of sp³-hybridized carbons (Fsp3) is 0. The second-order valence-electron chi connectivity index (χ2n) is 3.37. The Morgan fingerprint density at radius 2 is 1.94 bits per heavy atom. The number of rotatable bonds is 2. The highest BCUT2D eigenvalue weighted by Gasteiger charge is 2.05. The lowest BCUT2D eigenvalue weighted by Gasteiger charge is -2.08. The number of anilines is 1. The van der Waals surface area contributed by atoms with E-state index in [9.17, 15) is 4.39 Å². The van der Waals surface area contributed by atoms with Gasteiger partial charge in [0.05, 0.1) is 8.04 Å². The van der Waals surface area contributed by atoms with Crippen molar-refractivity contribution in [2.24, 2.45) is 0 Å². The minimum absolute atomic E-state index is 0.315. The van der Waals surface area contributed by atoms with Crippen LogP contribution in [0.25, 0.3) is 0 Å². The van der Waals surface area contributed by atoms with Crippen molar-refractivity contribution in [3.05, 3.63) is 50.3 Å². The van der Waals surface area contributed by atoms with Crippen LogP contribution in [-0.2, 0) is 0 Å². The average Bonchev–Trinajstić information content (AvgIpc) is 2.27. The molecule has 0 radical (unpaired) electrons. The topological polar surface area (TPSA) is 35.2 Å². The van der Waals surface area contributed by atoms with Gasteiger partial charge >= 0.3 is 0 Å². The molecule has 0 bridgehead atoms. The summed E-state index contributed by atoms with van der Waals surface area (Å²) in [6.07, 6.45) is 0. The van der Waals surface area contributed by atoms with Crippen LogP contribution in [0.3, 0.4) is 0 Å². The lowest BCUT2D eigenvalue weighted by molar-refractivity contribution is 0.476. The molecule has 0 saturated carbocycles. The van der Waals surface area contributed by atoms with E-state index >= 15 is 0 Å². The van der Waals surface area contributed by atoms with E-state index in [4.69, 9.17) is 10.5 Å². The lowest BCUT2D eigenvalue weighted by Crippen LogP contribution is -1.91. The zero-order valence-electron chi connectivity index (χ0n) is 8.58. The summed E-state index contributed by atoms with van der Waals surface area (Å²) in [7, 11) is 0. The van der Waals surface area contributed by atoms with E-state index in [0.29, 0.717) is 21.7 Å². The highest BCUT2D eigenvalue weighted by molar-refractivity contribution is 14.1. The first kappa shape index (κ1) is 12.6. The van der Waals surface area contributed by atoms with E-state index in [1.54, 1.807) is 24.3 Å². The second-order valence-corrected chi connectivity index (χ2v) is 5.38. The van der Waals surface area contributed by atoms with Gasteiger partial charge in [-0.25, -0.2) is 4.39 Å². The first-order valence-corrected chi connectivity index (χ1v) is 6.61. The molecule has 2 aromatic rings. The first-order valence-electron chi connectivity index (χ1n) is 4.74. The van der Waals surface area contributed by atoms with E-state index in [0.717, 1.165) is 3.57 Å². The van der Waals surface area contributed by atoms with Gasteiger partial charge < -0.3 is 10.5 Å². The summed E-state index contributed by atoms with van der Waals surface area (Å²) in [5.41, 5.74) is 6.33. The zero-order valence-corrected chi connectivity index (χ0v) is 12.3. The molecule has 17 heavy (non-hydrogen) atoms. The quantitative estimate of drug-likeness (QED) is 0.584. The minimum atomic E-state index is -0.315. The normalized spacial score (nSPS) is 10.3. The molecule has 0 unspecified atom stereocenters. The summed E-state index contributed by atoms with van der Waals surface area (Å²) in [4.78, 5) is 0. The van der Waals surface area contributed by atoms with Crippen molar-refractivity contribution in [1.29, 1.82) is 0 Å². The number of hydrogen-bond acceptors (Lipinski definition) is 2. The number of nitrogen functional groups attached to an aromatic ring is 1. The van der Waals surface area contributed by atoms with Gasteiger partial charge in [0.25, 0.3) is 0 Å². The van der Waals surface area contributed by atoms with E-state index in [2.05, 4.69) is 38.5 Å². The maximum absolute atomic E-state index is 13.0. The molecule has 0 saturated heterocycles. The van der Waals surface area contributed by atoms with Crippen LogP contribution in [-0.4, -0.2) is 0 Å². The van der Waals surface area contributed by atoms with Gasteiger partial charge in [-0.15, -0.1) is 0 Å². The number of hydrogen-bond donors (Lipinski definition) is 1. The van der Waals surface area contributed by atoms with Crippen molar-refractivity contribution < 1.29 is 9.13 Å². The highest BCUT2D eigenvalue weighted by atomic mass is 127. The number of halogens is 3. The van der Waals surface area contributed by atoms with Crippen molar-refractivity contribution in [2.75, 3.05) is 5.73 Å². The van der Waals surface area contributed by atoms with Crippen molar-refractivity contribution in [3.63, 3.8) is 0 Å². The molecule has 0 heterocycles. The molecular formula is C12H8BrFINO. The van der Waals surface area contributed by atoms with Gasteiger partial charge in [-0.1, -0.05) is 0 Å². The fourth-order valence-electron chi connectivity index (χ4n) is 1.27. The average molecular weight is 408 g/mol. The Morgan fingerprint density at radius 1 is 1.18 bits per heavy atom. The van der Waals surface area contributed by atoms with Crippen molar-refractivity contribution in [3.8, 4) is 11.5 Å². The van der Waals surface area contributed by atoms with Gasteiger partial charge in [0.15, 0.2) is 0 Å². The van der Waals surface area contributed by atoms with Crippen LogP contribution in [0, 0.1) is 9.39 Å². The Hall–Kier alpha value is -0.820. The summed E-state index contributed by atoms with van der Waals surface area (Å²) in [5.74, 6) is 0.948. The molecule has 88 valence electrons. The third-order valence-electron chi connectivity index (χ3n) is 2.07. The molecular weight excluding hydrogens is 400 g/mol. The first-order chi connectivity index (χ1) is 8.06. The zero-order chi connectivity index (χ0) is 12.4. The fourth-order valence-corrected chi connectivity index (χ4v) is 2.27. The van der Waals surface area contributed by atoms with Crippen LogP contribution < -0.4 is 10.5 Å². The number of nitrogens with two attached hydrogens (primary N) is 1. The Morgan fingerprint density at radius 3 is 2.59 bits per heavy atom. The minimum Gasteiger partial charge on any atom is -0.456 e. The van der Waals surface area contributed by atoms with Gasteiger partial charge in [0, 0.05) is 5.69 Å². The van der Waals surface area contributed by atoms with Crippen LogP contribution in [0.1, 0.15) is 0 Å². The molecule has 0 amide bonds. The molecule has 2 rings (SSSR count). The third kappa shape index (κ3) is 3.10. The Kier molecular flexibility index (Phi) is 3.88. The summed E-state index contributed by atoms with van der Waals surface area (Å²) in [6.45, 7) is 0. The van der Waals surface area contributed by atoms with Gasteiger partial charge in [-0.3, -0.25) is 0 Å². The van der Waals surface area contributed by atoms with Gasteiger partial charge in [0.1, 0.15) is 17.3 Å². The lowest BCUT2D eigenvalue weighted by atomic mass is 10.3. The summed E-state index contributed by atoms with van der Waals surface area (Å²) < 4.78 is 20.0. The molecule has 2 N–H and O–H groups in total. The molecule has 0 aliphatic rings.